The fourth-order valence-corrected chi connectivity index (χ4v) is 4.14. The Morgan fingerprint density at radius 2 is 2.10 bits per heavy atom. The highest BCUT2D eigenvalue weighted by Gasteiger charge is 2.41. The number of amides is 2. The van der Waals surface area contributed by atoms with Gasteiger partial charge in [0.25, 0.3) is 5.91 Å². The highest BCUT2D eigenvalue weighted by molar-refractivity contribution is 6.08. The zero-order chi connectivity index (χ0) is 21.0. The molecule has 0 unspecified atom stereocenters. The van der Waals surface area contributed by atoms with E-state index in [9.17, 15) is 9.59 Å². The molecular weight excluding hydrogens is 384 g/mol. The van der Waals surface area contributed by atoms with Gasteiger partial charge in [-0.1, -0.05) is 18.2 Å². The minimum Gasteiger partial charge on any atom is -0.441 e. The Morgan fingerprint density at radius 1 is 1.30 bits per heavy atom. The molecule has 2 aromatic heterocycles. The summed E-state index contributed by atoms with van der Waals surface area (Å²) in [7, 11) is 0. The van der Waals surface area contributed by atoms with E-state index < -0.39 is 11.7 Å². The van der Waals surface area contributed by atoms with Crippen molar-refractivity contribution in [2.75, 3.05) is 18.0 Å². The van der Waals surface area contributed by atoms with E-state index in [1.54, 1.807) is 16.0 Å². The second-order valence-electron chi connectivity index (χ2n) is 8.15. The number of hydrogen-bond acceptors (Lipinski definition) is 4. The van der Waals surface area contributed by atoms with Gasteiger partial charge in [0, 0.05) is 17.4 Å². The Balaban J connectivity index is 1.47. The molecule has 0 spiro atoms. The number of anilines is 1. The number of nitrogens with zero attached hydrogens (tertiary/aromatic N) is 5. The molecule has 0 aliphatic carbocycles. The molecule has 1 fully saturated rings. The first kappa shape index (κ1) is 18.2. The van der Waals surface area contributed by atoms with E-state index in [0.717, 1.165) is 16.6 Å². The quantitative estimate of drug-likeness (QED) is 0.664. The molecule has 0 atom stereocenters. The van der Waals surface area contributed by atoms with Gasteiger partial charge in [-0.3, -0.25) is 14.4 Å². The van der Waals surface area contributed by atoms with Crippen LogP contribution in [-0.4, -0.2) is 50.4 Å². The Kier molecular flexibility index (Phi) is 3.86. The fourth-order valence-electron chi connectivity index (χ4n) is 4.14. The maximum atomic E-state index is 13.3. The average Bonchev–Trinajstić information content (AvgIpc) is 3.38. The second-order valence-corrected chi connectivity index (χ2v) is 8.15. The van der Waals surface area contributed by atoms with Crippen LogP contribution < -0.4 is 4.90 Å². The van der Waals surface area contributed by atoms with E-state index in [1.807, 2.05) is 42.8 Å². The summed E-state index contributed by atoms with van der Waals surface area (Å²) in [5.41, 5.74) is 2.25. The number of rotatable bonds is 2. The van der Waals surface area contributed by atoms with Gasteiger partial charge in [-0.25, -0.2) is 9.64 Å². The third-order valence-corrected chi connectivity index (χ3v) is 5.55. The average molecular weight is 404 g/mol. The molecule has 2 aliphatic rings. The first-order chi connectivity index (χ1) is 14.4. The van der Waals surface area contributed by atoms with Crippen LogP contribution in [0.5, 0.6) is 0 Å². The monoisotopic (exact) mass is 404 g/mol. The predicted octanol–water partition coefficient (Wildman–Crippen LogP) is 3.31. The maximum Gasteiger partial charge on any atom is 0.415 e. The van der Waals surface area contributed by atoms with E-state index in [-0.39, 0.29) is 5.91 Å². The number of para-hydroxylation sites is 1. The molecule has 1 N–H and O–H groups in total. The van der Waals surface area contributed by atoms with Crippen LogP contribution in [0.3, 0.4) is 0 Å². The van der Waals surface area contributed by atoms with E-state index in [0.29, 0.717) is 43.2 Å². The lowest BCUT2D eigenvalue weighted by Gasteiger charge is -2.29. The van der Waals surface area contributed by atoms with Crippen molar-refractivity contribution in [2.24, 2.45) is 0 Å². The van der Waals surface area contributed by atoms with Crippen molar-refractivity contribution < 1.29 is 14.3 Å². The number of carbonyl (C=O) groups is 2. The van der Waals surface area contributed by atoms with Gasteiger partial charge in [0.1, 0.15) is 11.3 Å². The van der Waals surface area contributed by atoms with Gasteiger partial charge in [0.15, 0.2) is 0 Å². The Bertz CT molecular complexity index is 1230. The van der Waals surface area contributed by atoms with Gasteiger partial charge in [-0.15, -0.1) is 0 Å². The number of ether oxygens (including phenoxy) is 1. The van der Waals surface area contributed by atoms with Crippen molar-refractivity contribution in [3.63, 3.8) is 0 Å². The summed E-state index contributed by atoms with van der Waals surface area (Å²) in [5.74, 6) is -0.236. The number of hydrogen-bond donors (Lipinski definition) is 1. The van der Waals surface area contributed by atoms with Crippen molar-refractivity contribution in [2.45, 2.75) is 32.5 Å². The summed E-state index contributed by atoms with van der Waals surface area (Å²) < 4.78 is 7.23. The molecule has 1 saturated heterocycles. The largest absolute Gasteiger partial charge is 0.441 e. The Hall–Kier alpha value is -3.80. The molecule has 152 valence electrons. The summed E-state index contributed by atoms with van der Waals surface area (Å²) in [4.78, 5) is 35.6. The number of cyclic esters (lactones) is 1. The molecule has 4 heterocycles. The number of H-pyrrole nitrogens is 1. The van der Waals surface area contributed by atoms with Gasteiger partial charge in [-0.05, 0) is 19.9 Å². The number of carbonyl (C=O) groups excluding carboxylic acids is 2. The molecule has 3 aromatic rings. The van der Waals surface area contributed by atoms with Gasteiger partial charge in [0.2, 0.25) is 5.69 Å². The fraction of sp³-hybridized carbons (Fsp3) is 0.333. The molecule has 5 rings (SSSR count). The lowest BCUT2D eigenvalue weighted by Crippen LogP contribution is -2.39. The molecule has 0 saturated carbocycles. The van der Waals surface area contributed by atoms with E-state index in [4.69, 9.17) is 11.3 Å². The molecule has 30 heavy (non-hydrogen) atoms. The van der Waals surface area contributed by atoms with Crippen LogP contribution >= 0.6 is 0 Å². The number of fused-ring (bicyclic) bond motifs is 2. The number of aromatic nitrogens is 3. The third-order valence-electron chi connectivity index (χ3n) is 5.55. The summed E-state index contributed by atoms with van der Waals surface area (Å²) in [6.45, 7) is 13.0. The van der Waals surface area contributed by atoms with Crippen LogP contribution in [0.4, 0.5) is 16.2 Å². The summed E-state index contributed by atoms with van der Waals surface area (Å²) in [6, 6.07) is 7.40. The molecular formula is C21H20N6O3. The van der Waals surface area contributed by atoms with Gasteiger partial charge in [-0.2, -0.15) is 5.10 Å². The van der Waals surface area contributed by atoms with Crippen molar-refractivity contribution in [3.05, 3.63) is 53.3 Å². The standard InChI is InChI=1S/C21H20N6O3/c1-21(2)12-26(20(29)30-21)15-10-23-27-9-8-25(11-16(15)27)19(28)18-17(22-3)13-6-4-5-7-14(13)24-18/h4-7,10,24H,8-9,11-12H2,1-2H3. The highest BCUT2D eigenvalue weighted by Crippen LogP contribution is 2.34. The normalized spacial score (nSPS) is 17.7. The number of aromatic amines is 1. The molecule has 2 amide bonds. The second kappa shape index (κ2) is 6.35. The number of benzene rings is 1. The first-order valence-corrected chi connectivity index (χ1v) is 9.70. The summed E-state index contributed by atoms with van der Waals surface area (Å²) >= 11 is 0. The molecule has 1 aromatic carbocycles. The molecule has 2 aliphatic heterocycles. The third kappa shape index (κ3) is 2.72. The predicted molar refractivity (Wildman–Crippen MR) is 109 cm³/mol. The Labute approximate surface area is 172 Å². The van der Waals surface area contributed by atoms with Crippen LogP contribution in [0.15, 0.2) is 30.5 Å². The molecule has 0 bridgehead atoms. The van der Waals surface area contributed by atoms with Crippen LogP contribution in [0, 0.1) is 6.57 Å². The van der Waals surface area contributed by atoms with Crippen LogP contribution in [-0.2, 0) is 17.8 Å². The molecule has 9 nitrogen and oxygen atoms in total. The zero-order valence-electron chi connectivity index (χ0n) is 16.7. The lowest BCUT2D eigenvalue weighted by molar-refractivity contribution is 0.0702. The van der Waals surface area contributed by atoms with Crippen molar-refractivity contribution in [3.8, 4) is 0 Å². The lowest BCUT2D eigenvalue weighted by atomic mass is 10.1. The SMILES string of the molecule is [C-]#[N+]c1c(C(=O)N2CCn3ncc(N4CC(C)(C)OC4=O)c3C2)[nH]c2ccccc12. The van der Waals surface area contributed by atoms with Gasteiger partial charge < -0.3 is 14.6 Å². The minimum atomic E-state index is -0.578. The molecule has 9 heteroatoms. The highest BCUT2D eigenvalue weighted by atomic mass is 16.6. The van der Waals surface area contributed by atoms with Gasteiger partial charge in [0.05, 0.1) is 43.8 Å². The van der Waals surface area contributed by atoms with Gasteiger partial charge >= 0.3 is 6.09 Å². The van der Waals surface area contributed by atoms with E-state index >= 15 is 0 Å². The van der Waals surface area contributed by atoms with Crippen LogP contribution in [0.2, 0.25) is 0 Å². The summed E-state index contributed by atoms with van der Waals surface area (Å²) in [6.07, 6.45) is 1.24. The summed E-state index contributed by atoms with van der Waals surface area (Å²) in [5, 5.41) is 5.13. The van der Waals surface area contributed by atoms with Crippen molar-refractivity contribution >= 4 is 34.3 Å². The maximum absolute atomic E-state index is 13.3. The Morgan fingerprint density at radius 3 is 2.83 bits per heavy atom. The number of nitrogens with one attached hydrogen (secondary N) is 1. The van der Waals surface area contributed by atoms with Crippen LogP contribution in [0.25, 0.3) is 15.7 Å². The zero-order valence-corrected chi connectivity index (χ0v) is 16.7. The van der Waals surface area contributed by atoms with Crippen molar-refractivity contribution in [1.82, 2.24) is 19.7 Å². The van der Waals surface area contributed by atoms with E-state index in [2.05, 4.69) is 14.9 Å². The smallest absolute Gasteiger partial charge is 0.415 e. The first-order valence-electron chi connectivity index (χ1n) is 9.70. The van der Waals surface area contributed by atoms with Crippen LogP contribution in [0.1, 0.15) is 30.0 Å². The minimum absolute atomic E-state index is 0.236. The van der Waals surface area contributed by atoms with Crippen molar-refractivity contribution in [1.29, 1.82) is 0 Å². The molecule has 0 radical (unpaired) electrons. The topological polar surface area (TPSA) is 87.8 Å². The van der Waals surface area contributed by atoms with E-state index in [1.165, 1.54) is 0 Å².